The summed E-state index contributed by atoms with van der Waals surface area (Å²) in [6.07, 6.45) is 1.34. The Kier molecular flexibility index (Phi) is 3.79. The Hall–Kier alpha value is -3.17. The highest BCUT2D eigenvalue weighted by Gasteiger charge is 2.15. The SMILES string of the molecule is N#C/C=C(/c1ccc2[nH][nH]c(=O)c2c1)C(N)c1ccc(F)cc1. The number of H-pyrrole nitrogens is 2. The second kappa shape index (κ2) is 5.91. The molecule has 0 aliphatic carbocycles. The zero-order chi connectivity index (χ0) is 16.4. The molecule has 3 rings (SSSR count). The van der Waals surface area contributed by atoms with Crippen molar-refractivity contribution in [3.8, 4) is 6.07 Å². The van der Waals surface area contributed by atoms with Gasteiger partial charge in [0.1, 0.15) is 5.82 Å². The summed E-state index contributed by atoms with van der Waals surface area (Å²) in [7, 11) is 0. The van der Waals surface area contributed by atoms with Gasteiger partial charge in [-0.1, -0.05) is 18.2 Å². The lowest BCUT2D eigenvalue weighted by molar-refractivity contribution is 0.626. The minimum Gasteiger partial charge on any atom is -0.320 e. The standard InChI is InChI=1S/C17H13FN4O/c18-12-4-1-10(2-5-12)16(20)13(7-8-19)11-3-6-15-14(9-11)17(23)22-21-15/h1-7,9,16H,20H2,(H2,21,22,23)/b13-7-. The van der Waals surface area contributed by atoms with E-state index in [0.29, 0.717) is 27.6 Å². The normalized spacial score (nSPS) is 13.0. The minimum atomic E-state index is -0.606. The highest BCUT2D eigenvalue weighted by Crippen LogP contribution is 2.29. The molecule has 1 aromatic heterocycles. The predicted molar refractivity (Wildman–Crippen MR) is 85.8 cm³/mol. The zero-order valence-electron chi connectivity index (χ0n) is 12.0. The summed E-state index contributed by atoms with van der Waals surface area (Å²) in [6, 6.07) is 12.4. The molecule has 1 heterocycles. The van der Waals surface area contributed by atoms with Crippen LogP contribution < -0.4 is 11.3 Å². The third-order valence-electron chi connectivity index (χ3n) is 3.69. The fraction of sp³-hybridized carbons (Fsp3) is 0.0588. The Morgan fingerprint density at radius 3 is 2.65 bits per heavy atom. The molecule has 0 radical (unpaired) electrons. The first-order valence-electron chi connectivity index (χ1n) is 6.91. The second-order valence-electron chi connectivity index (χ2n) is 5.10. The summed E-state index contributed by atoms with van der Waals surface area (Å²) in [4.78, 5) is 11.7. The van der Waals surface area contributed by atoms with Gasteiger partial charge in [-0.15, -0.1) is 0 Å². The molecule has 5 nitrogen and oxygen atoms in total. The number of hydrogen-bond donors (Lipinski definition) is 3. The number of hydrogen-bond acceptors (Lipinski definition) is 3. The Balaban J connectivity index is 2.08. The molecule has 4 N–H and O–H groups in total. The van der Waals surface area contributed by atoms with Gasteiger partial charge in [-0.2, -0.15) is 5.26 Å². The number of nitrogens with zero attached hydrogens (tertiary/aromatic N) is 1. The van der Waals surface area contributed by atoms with Gasteiger partial charge in [-0.3, -0.25) is 15.0 Å². The van der Waals surface area contributed by atoms with Gasteiger partial charge in [0.05, 0.1) is 23.0 Å². The van der Waals surface area contributed by atoms with Gasteiger partial charge in [0, 0.05) is 6.08 Å². The summed E-state index contributed by atoms with van der Waals surface area (Å²) in [6.45, 7) is 0. The molecule has 1 atom stereocenters. The largest absolute Gasteiger partial charge is 0.320 e. The van der Waals surface area contributed by atoms with Crippen molar-refractivity contribution < 1.29 is 4.39 Å². The van der Waals surface area contributed by atoms with Crippen molar-refractivity contribution in [3.63, 3.8) is 0 Å². The van der Waals surface area contributed by atoms with Crippen LogP contribution in [0, 0.1) is 17.1 Å². The van der Waals surface area contributed by atoms with Crippen LogP contribution in [0.1, 0.15) is 17.2 Å². The first-order chi connectivity index (χ1) is 11.1. The number of aromatic nitrogens is 2. The summed E-state index contributed by atoms with van der Waals surface area (Å²) >= 11 is 0. The highest BCUT2D eigenvalue weighted by atomic mass is 19.1. The van der Waals surface area contributed by atoms with Crippen LogP contribution in [0.3, 0.4) is 0 Å². The average molecular weight is 308 g/mol. The Morgan fingerprint density at radius 2 is 1.96 bits per heavy atom. The maximum Gasteiger partial charge on any atom is 0.271 e. The molecule has 1 unspecified atom stereocenters. The third kappa shape index (κ3) is 2.78. The monoisotopic (exact) mass is 308 g/mol. The van der Waals surface area contributed by atoms with Gasteiger partial charge < -0.3 is 5.73 Å². The van der Waals surface area contributed by atoms with Crippen LogP contribution in [-0.4, -0.2) is 10.2 Å². The first kappa shape index (κ1) is 14.8. The van der Waals surface area contributed by atoms with Gasteiger partial charge >= 0.3 is 0 Å². The molecule has 0 saturated carbocycles. The second-order valence-corrected chi connectivity index (χ2v) is 5.10. The molecule has 114 valence electrons. The summed E-state index contributed by atoms with van der Waals surface area (Å²) in [5.74, 6) is -0.355. The Labute approximate surface area is 130 Å². The molecule has 6 heteroatoms. The van der Waals surface area contributed by atoms with E-state index in [1.165, 1.54) is 18.2 Å². The van der Waals surface area contributed by atoms with Gasteiger partial charge in [0.25, 0.3) is 5.56 Å². The number of fused-ring (bicyclic) bond motifs is 1. The van der Waals surface area contributed by atoms with E-state index in [4.69, 9.17) is 11.0 Å². The van der Waals surface area contributed by atoms with Crippen LogP contribution in [0.4, 0.5) is 4.39 Å². The third-order valence-corrected chi connectivity index (χ3v) is 3.69. The topological polar surface area (TPSA) is 98.5 Å². The first-order valence-corrected chi connectivity index (χ1v) is 6.91. The molecule has 0 fully saturated rings. The molecule has 0 spiro atoms. The summed E-state index contributed by atoms with van der Waals surface area (Å²) in [5.41, 5.74) is 8.56. The molecule has 0 saturated heterocycles. The highest BCUT2D eigenvalue weighted by molar-refractivity contribution is 5.84. The lowest BCUT2D eigenvalue weighted by atomic mass is 9.92. The van der Waals surface area contributed by atoms with E-state index in [0.717, 1.165) is 0 Å². The van der Waals surface area contributed by atoms with Crippen molar-refractivity contribution in [1.82, 2.24) is 10.2 Å². The fourth-order valence-corrected chi connectivity index (χ4v) is 2.48. The van der Waals surface area contributed by atoms with Crippen molar-refractivity contribution in [3.05, 3.63) is 75.8 Å². The zero-order valence-corrected chi connectivity index (χ0v) is 12.0. The van der Waals surface area contributed by atoms with E-state index in [1.54, 1.807) is 30.3 Å². The maximum absolute atomic E-state index is 13.1. The predicted octanol–water partition coefficient (Wildman–Crippen LogP) is 2.60. The number of halogens is 1. The molecular formula is C17H13FN4O. The van der Waals surface area contributed by atoms with Crippen LogP contribution in [0.5, 0.6) is 0 Å². The molecule has 2 aromatic carbocycles. The molecular weight excluding hydrogens is 295 g/mol. The summed E-state index contributed by atoms with van der Waals surface area (Å²) in [5, 5.41) is 14.8. The van der Waals surface area contributed by atoms with Gasteiger partial charge in [0.2, 0.25) is 0 Å². The lowest BCUT2D eigenvalue weighted by Crippen LogP contribution is -2.13. The molecule has 0 amide bonds. The Bertz CT molecular complexity index is 976. The van der Waals surface area contributed by atoms with Gasteiger partial charge in [-0.05, 0) is 41.0 Å². The van der Waals surface area contributed by atoms with Crippen LogP contribution in [0.2, 0.25) is 0 Å². The average Bonchev–Trinajstić information content (AvgIpc) is 2.93. The van der Waals surface area contributed by atoms with E-state index in [1.807, 2.05) is 6.07 Å². The lowest BCUT2D eigenvalue weighted by Gasteiger charge is -2.16. The number of rotatable bonds is 3. The Morgan fingerprint density at radius 1 is 1.22 bits per heavy atom. The van der Waals surface area contributed by atoms with Crippen molar-refractivity contribution >= 4 is 16.5 Å². The molecule has 0 bridgehead atoms. The molecule has 23 heavy (non-hydrogen) atoms. The van der Waals surface area contributed by atoms with Crippen LogP contribution in [0.25, 0.3) is 16.5 Å². The smallest absolute Gasteiger partial charge is 0.271 e. The van der Waals surface area contributed by atoms with E-state index >= 15 is 0 Å². The van der Waals surface area contributed by atoms with E-state index < -0.39 is 6.04 Å². The van der Waals surface area contributed by atoms with Gasteiger partial charge in [0.15, 0.2) is 0 Å². The van der Waals surface area contributed by atoms with Crippen molar-refractivity contribution in [2.75, 3.05) is 0 Å². The minimum absolute atomic E-state index is 0.242. The maximum atomic E-state index is 13.1. The van der Waals surface area contributed by atoms with Crippen molar-refractivity contribution in [1.29, 1.82) is 5.26 Å². The summed E-state index contributed by atoms with van der Waals surface area (Å²) < 4.78 is 13.1. The molecule has 0 aliphatic heterocycles. The number of aromatic amines is 2. The van der Waals surface area contributed by atoms with Crippen LogP contribution in [0.15, 0.2) is 53.3 Å². The van der Waals surface area contributed by atoms with Crippen LogP contribution in [-0.2, 0) is 0 Å². The number of benzene rings is 2. The molecule has 0 aliphatic rings. The number of nitriles is 1. The quantitative estimate of drug-likeness (QED) is 0.648. The number of nitrogens with one attached hydrogen (secondary N) is 2. The van der Waals surface area contributed by atoms with Crippen molar-refractivity contribution in [2.45, 2.75) is 6.04 Å². The number of nitrogens with two attached hydrogens (primary N) is 1. The van der Waals surface area contributed by atoms with Crippen molar-refractivity contribution in [2.24, 2.45) is 5.73 Å². The van der Waals surface area contributed by atoms with Crippen LogP contribution >= 0.6 is 0 Å². The van der Waals surface area contributed by atoms with E-state index in [-0.39, 0.29) is 11.4 Å². The number of allylic oxidation sites excluding steroid dienone is 1. The molecule has 3 aromatic rings. The fourth-order valence-electron chi connectivity index (χ4n) is 2.48. The van der Waals surface area contributed by atoms with Gasteiger partial charge in [-0.25, -0.2) is 4.39 Å². The van der Waals surface area contributed by atoms with E-state index in [9.17, 15) is 9.18 Å². The van der Waals surface area contributed by atoms with E-state index in [2.05, 4.69) is 10.2 Å².